The third-order valence-electron chi connectivity index (χ3n) is 4.39. The molecule has 0 fully saturated rings. The van der Waals surface area contributed by atoms with Crippen molar-refractivity contribution in [1.82, 2.24) is 9.55 Å². The van der Waals surface area contributed by atoms with Crippen LogP contribution in [0.2, 0.25) is 5.02 Å². The molecule has 0 bridgehead atoms. The summed E-state index contributed by atoms with van der Waals surface area (Å²) >= 11 is 9.49. The number of nitrogens with one attached hydrogen (secondary N) is 1. The molecule has 0 unspecified atom stereocenters. The van der Waals surface area contributed by atoms with Crippen LogP contribution >= 0.6 is 27.5 Å². The molecule has 150 valence electrons. The Morgan fingerprint density at radius 1 is 1.21 bits per heavy atom. The Kier molecular flexibility index (Phi) is 6.24. The number of rotatable bonds is 5. The molecule has 7 nitrogen and oxygen atoms in total. The molecule has 0 atom stereocenters. The Hall–Kier alpha value is -2.84. The fourth-order valence-electron chi connectivity index (χ4n) is 2.97. The zero-order valence-corrected chi connectivity index (χ0v) is 17.8. The second-order valence-corrected chi connectivity index (χ2v) is 7.56. The molecule has 0 aliphatic carbocycles. The zero-order chi connectivity index (χ0) is 21.1. The molecule has 0 aliphatic rings. The summed E-state index contributed by atoms with van der Waals surface area (Å²) in [7, 11) is 0. The molecule has 0 radical (unpaired) electrons. The molecule has 3 N–H and O–H groups in total. The van der Waals surface area contributed by atoms with Crippen molar-refractivity contribution in [1.29, 1.82) is 0 Å². The predicted octanol–water partition coefficient (Wildman–Crippen LogP) is 3.25. The molecule has 1 aromatic heterocycles. The van der Waals surface area contributed by atoms with Crippen LogP contribution in [0.1, 0.15) is 22.8 Å². The number of aromatic amines is 1. The third kappa shape index (κ3) is 4.28. The normalized spacial score (nSPS) is 10.7. The lowest BCUT2D eigenvalue weighted by atomic mass is 10.2. The molecule has 0 saturated carbocycles. The number of nitrogen functional groups attached to an aromatic ring is 1. The topological polar surface area (TPSA) is 101 Å². The molecule has 1 amide bonds. The number of aromatic nitrogens is 2. The van der Waals surface area contributed by atoms with Gasteiger partial charge in [-0.15, -0.1) is 0 Å². The van der Waals surface area contributed by atoms with Crippen molar-refractivity contribution in [2.45, 2.75) is 13.5 Å². The van der Waals surface area contributed by atoms with E-state index in [2.05, 4.69) is 20.9 Å². The number of H-pyrrole nitrogens is 1. The van der Waals surface area contributed by atoms with Crippen LogP contribution in [0.5, 0.6) is 0 Å². The molecular weight excluding hydrogens is 460 g/mol. The molecule has 2 aromatic carbocycles. The molecular formula is C20H18BrClN4O3. The predicted molar refractivity (Wildman–Crippen MR) is 118 cm³/mol. The van der Waals surface area contributed by atoms with Crippen LogP contribution in [0.3, 0.4) is 0 Å². The van der Waals surface area contributed by atoms with Gasteiger partial charge in [0.05, 0.1) is 17.1 Å². The van der Waals surface area contributed by atoms with Crippen LogP contribution in [0, 0.1) is 0 Å². The summed E-state index contributed by atoms with van der Waals surface area (Å²) in [6, 6.07) is 14.0. The van der Waals surface area contributed by atoms with E-state index >= 15 is 0 Å². The molecule has 3 aromatic rings. The summed E-state index contributed by atoms with van der Waals surface area (Å²) in [6.07, 6.45) is 0. The number of hydrogen-bond acceptors (Lipinski definition) is 4. The van der Waals surface area contributed by atoms with Crippen LogP contribution in [-0.2, 0) is 6.54 Å². The SMILES string of the molecule is CCN(C(=O)c1cc(Br)ccc1Cl)c1c(N)n(Cc2ccccc2)c(=O)[nH]c1=O. The van der Waals surface area contributed by atoms with Crippen LogP contribution in [0.4, 0.5) is 11.5 Å². The van der Waals surface area contributed by atoms with Gasteiger partial charge in [-0.2, -0.15) is 0 Å². The smallest absolute Gasteiger partial charge is 0.330 e. The van der Waals surface area contributed by atoms with E-state index in [1.54, 1.807) is 25.1 Å². The number of carbonyl (C=O) groups is 1. The van der Waals surface area contributed by atoms with E-state index in [-0.39, 0.29) is 35.2 Å². The Morgan fingerprint density at radius 2 is 1.90 bits per heavy atom. The maximum Gasteiger partial charge on any atom is 0.330 e. The highest BCUT2D eigenvalue weighted by Gasteiger charge is 2.25. The largest absolute Gasteiger partial charge is 0.383 e. The molecule has 1 heterocycles. The number of nitrogens with zero attached hydrogens (tertiary/aromatic N) is 2. The van der Waals surface area contributed by atoms with Gasteiger partial charge in [-0.05, 0) is 30.7 Å². The van der Waals surface area contributed by atoms with Crippen LogP contribution in [0.25, 0.3) is 0 Å². The second kappa shape index (κ2) is 8.67. The number of amides is 1. The number of anilines is 2. The van der Waals surface area contributed by atoms with Crippen LogP contribution in [0.15, 0.2) is 62.6 Å². The first-order valence-electron chi connectivity index (χ1n) is 8.77. The van der Waals surface area contributed by atoms with Crippen LogP contribution in [-0.4, -0.2) is 22.0 Å². The average molecular weight is 478 g/mol. The van der Waals surface area contributed by atoms with Crippen molar-refractivity contribution in [2.75, 3.05) is 17.2 Å². The highest BCUT2D eigenvalue weighted by atomic mass is 79.9. The Labute approximate surface area is 179 Å². The van der Waals surface area contributed by atoms with E-state index in [0.29, 0.717) is 4.47 Å². The fourth-order valence-corrected chi connectivity index (χ4v) is 3.53. The van der Waals surface area contributed by atoms with Gasteiger partial charge in [-0.3, -0.25) is 19.1 Å². The maximum atomic E-state index is 13.1. The summed E-state index contributed by atoms with van der Waals surface area (Å²) in [4.78, 5) is 41.5. The quantitative estimate of drug-likeness (QED) is 0.589. The summed E-state index contributed by atoms with van der Waals surface area (Å²) < 4.78 is 1.89. The van der Waals surface area contributed by atoms with Gasteiger partial charge in [0.15, 0.2) is 5.69 Å². The number of halogens is 2. The summed E-state index contributed by atoms with van der Waals surface area (Å²) in [5.41, 5.74) is 5.75. The highest BCUT2D eigenvalue weighted by Crippen LogP contribution is 2.25. The highest BCUT2D eigenvalue weighted by molar-refractivity contribution is 9.10. The zero-order valence-electron chi connectivity index (χ0n) is 15.5. The number of benzene rings is 2. The fraction of sp³-hybridized carbons (Fsp3) is 0.150. The van der Waals surface area contributed by atoms with E-state index < -0.39 is 17.2 Å². The summed E-state index contributed by atoms with van der Waals surface area (Å²) in [5, 5.41) is 0.240. The van der Waals surface area contributed by atoms with Crippen molar-refractivity contribution >= 4 is 44.9 Å². The van der Waals surface area contributed by atoms with Gasteiger partial charge in [0, 0.05) is 11.0 Å². The molecule has 9 heteroatoms. The second-order valence-electron chi connectivity index (χ2n) is 6.24. The average Bonchev–Trinajstić information content (AvgIpc) is 2.70. The lowest BCUT2D eigenvalue weighted by Crippen LogP contribution is -2.41. The third-order valence-corrected chi connectivity index (χ3v) is 5.21. The standard InChI is InChI=1S/C20H18BrClN4O3/c1-2-25(19(28)14-10-13(21)8-9-15(14)22)16-17(23)26(20(29)24-18(16)27)11-12-6-4-3-5-7-12/h3-10H,2,11,23H2,1H3,(H,24,27,29). The summed E-state index contributed by atoms with van der Waals surface area (Å²) in [6.45, 7) is 2.01. The molecule has 0 saturated heterocycles. The number of hydrogen-bond donors (Lipinski definition) is 2. The first-order chi connectivity index (χ1) is 13.8. The lowest BCUT2D eigenvalue weighted by Gasteiger charge is -2.23. The van der Waals surface area contributed by atoms with Gasteiger partial charge in [0.25, 0.3) is 11.5 Å². The first-order valence-corrected chi connectivity index (χ1v) is 9.94. The van der Waals surface area contributed by atoms with E-state index in [9.17, 15) is 14.4 Å². The van der Waals surface area contributed by atoms with Gasteiger partial charge >= 0.3 is 5.69 Å². The minimum Gasteiger partial charge on any atom is -0.383 e. The van der Waals surface area contributed by atoms with E-state index in [0.717, 1.165) is 5.56 Å². The molecule has 0 aliphatic heterocycles. The number of nitrogens with two attached hydrogens (primary N) is 1. The molecule has 0 spiro atoms. The lowest BCUT2D eigenvalue weighted by molar-refractivity contribution is 0.0988. The van der Waals surface area contributed by atoms with E-state index in [4.69, 9.17) is 17.3 Å². The number of carbonyl (C=O) groups excluding carboxylic acids is 1. The first kappa shape index (κ1) is 20.9. The minimum absolute atomic E-state index is 0.0935. The Balaban J connectivity index is 2.12. The van der Waals surface area contributed by atoms with E-state index in [1.807, 2.05) is 30.3 Å². The van der Waals surface area contributed by atoms with Gasteiger partial charge in [-0.1, -0.05) is 57.9 Å². The van der Waals surface area contributed by atoms with Crippen molar-refractivity contribution in [3.63, 3.8) is 0 Å². The van der Waals surface area contributed by atoms with Crippen LogP contribution < -0.4 is 21.9 Å². The summed E-state index contributed by atoms with van der Waals surface area (Å²) in [5.74, 6) is -0.593. The van der Waals surface area contributed by atoms with E-state index in [1.165, 1.54) is 9.47 Å². The van der Waals surface area contributed by atoms with Gasteiger partial charge < -0.3 is 10.6 Å². The Morgan fingerprint density at radius 3 is 2.55 bits per heavy atom. The molecule has 3 rings (SSSR count). The maximum absolute atomic E-state index is 13.1. The van der Waals surface area contributed by atoms with Crippen molar-refractivity contribution in [3.05, 3.63) is 90.0 Å². The van der Waals surface area contributed by atoms with Gasteiger partial charge in [0.2, 0.25) is 0 Å². The molecule has 29 heavy (non-hydrogen) atoms. The van der Waals surface area contributed by atoms with Gasteiger partial charge in [0.1, 0.15) is 5.82 Å². The minimum atomic E-state index is -0.738. The monoisotopic (exact) mass is 476 g/mol. The van der Waals surface area contributed by atoms with Crippen molar-refractivity contribution in [3.8, 4) is 0 Å². The van der Waals surface area contributed by atoms with Crippen molar-refractivity contribution < 1.29 is 4.79 Å². The van der Waals surface area contributed by atoms with Crippen molar-refractivity contribution in [2.24, 2.45) is 0 Å². The van der Waals surface area contributed by atoms with Gasteiger partial charge in [-0.25, -0.2) is 4.79 Å². The Bertz CT molecular complexity index is 1170.